The van der Waals surface area contributed by atoms with Crippen LogP contribution in [-0.4, -0.2) is 38.7 Å². The second-order valence-electron chi connectivity index (χ2n) is 4.32. The summed E-state index contributed by atoms with van der Waals surface area (Å²) in [6.45, 7) is 1.23. The summed E-state index contributed by atoms with van der Waals surface area (Å²) >= 11 is 1.46. The van der Waals surface area contributed by atoms with Crippen LogP contribution in [0.25, 0.3) is 0 Å². The van der Waals surface area contributed by atoms with E-state index in [2.05, 4.69) is 4.98 Å². The quantitative estimate of drug-likeness (QED) is 0.650. The van der Waals surface area contributed by atoms with Crippen LogP contribution in [0.1, 0.15) is 10.9 Å². The van der Waals surface area contributed by atoms with E-state index in [-0.39, 0.29) is 18.6 Å². The fraction of sp³-hybridized carbons (Fsp3) is 0.600. The summed E-state index contributed by atoms with van der Waals surface area (Å²) in [4.78, 5) is 25.1. The van der Waals surface area contributed by atoms with Gasteiger partial charge in [0.1, 0.15) is 0 Å². The maximum absolute atomic E-state index is 11.7. The molecular weight excluding hydrogens is 244 g/mol. The largest absolute Gasteiger partial charge is 0.396 e. The third-order valence-electron chi connectivity index (χ3n) is 3.08. The Morgan fingerprint density at radius 3 is 2.65 bits per heavy atom. The Morgan fingerprint density at radius 1 is 1.53 bits per heavy atom. The highest BCUT2D eigenvalue weighted by Crippen LogP contribution is 2.52. The highest BCUT2D eigenvalue weighted by atomic mass is 32.2. The second-order valence-corrected chi connectivity index (χ2v) is 5.39. The van der Waals surface area contributed by atoms with Crippen molar-refractivity contribution >= 4 is 11.8 Å². The molecule has 17 heavy (non-hydrogen) atoms. The summed E-state index contributed by atoms with van der Waals surface area (Å²) in [5, 5.41) is 18.3. The summed E-state index contributed by atoms with van der Waals surface area (Å²) in [7, 11) is 0. The predicted molar refractivity (Wildman–Crippen MR) is 64.2 cm³/mol. The molecule has 0 saturated carbocycles. The Hall–Kier alpha value is -1.05. The molecular formula is C10H14N2O4S. The molecule has 1 aromatic rings. The van der Waals surface area contributed by atoms with Crippen LogP contribution in [0.3, 0.4) is 0 Å². The van der Waals surface area contributed by atoms with Crippen molar-refractivity contribution < 1.29 is 10.2 Å². The summed E-state index contributed by atoms with van der Waals surface area (Å²) in [5.41, 5.74) is -1.17. The number of hydrogen-bond acceptors (Lipinski definition) is 5. The molecule has 0 radical (unpaired) electrons. The molecule has 1 unspecified atom stereocenters. The van der Waals surface area contributed by atoms with E-state index in [9.17, 15) is 19.8 Å². The van der Waals surface area contributed by atoms with Gasteiger partial charge in [0.2, 0.25) is 0 Å². The predicted octanol–water partition coefficient (Wildman–Crippen LogP) is -0.939. The number of hydrogen-bond donors (Lipinski definition) is 3. The number of rotatable bonds is 3. The number of nitrogens with one attached hydrogen (secondary N) is 1. The molecule has 94 valence electrons. The molecule has 1 aliphatic heterocycles. The highest BCUT2D eigenvalue weighted by Gasteiger charge is 2.48. The molecule has 1 fully saturated rings. The SMILES string of the molecule is Cc1cn(C2SCC2(CO)CO)c(=O)[nH]c1=O. The van der Waals surface area contributed by atoms with Gasteiger partial charge in [-0.15, -0.1) is 11.8 Å². The van der Waals surface area contributed by atoms with Gasteiger partial charge in [-0.2, -0.15) is 0 Å². The van der Waals surface area contributed by atoms with Gasteiger partial charge in [0, 0.05) is 17.5 Å². The van der Waals surface area contributed by atoms with Gasteiger partial charge >= 0.3 is 5.69 Å². The number of aromatic nitrogens is 2. The zero-order valence-corrected chi connectivity index (χ0v) is 10.2. The minimum absolute atomic E-state index is 0.189. The monoisotopic (exact) mass is 258 g/mol. The smallest absolute Gasteiger partial charge is 0.329 e. The van der Waals surface area contributed by atoms with Crippen molar-refractivity contribution in [1.29, 1.82) is 0 Å². The Balaban J connectivity index is 2.46. The number of thioether (sulfide) groups is 1. The molecule has 1 saturated heterocycles. The minimum Gasteiger partial charge on any atom is -0.396 e. The lowest BCUT2D eigenvalue weighted by Gasteiger charge is -2.46. The number of nitrogens with zero attached hydrogens (tertiary/aromatic N) is 1. The number of H-pyrrole nitrogens is 1. The van der Waals surface area contributed by atoms with Crippen LogP contribution in [0.4, 0.5) is 0 Å². The minimum atomic E-state index is -0.681. The van der Waals surface area contributed by atoms with E-state index in [0.717, 1.165) is 0 Å². The Labute approximate surface area is 101 Å². The number of aliphatic hydroxyl groups is 2. The average molecular weight is 258 g/mol. The molecule has 2 heterocycles. The van der Waals surface area contributed by atoms with E-state index in [1.165, 1.54) is 22.5 Å². The van der Waals surface area contributed by atoms with E-state index in [0.29, 0.717) is 11.3 Å². The van der Waals surface area contributed by atoms with E-state index >= 15 is 0 Å². The molecule has 0 bridgehead atoms. The summed E-state index contributed by atoms with van der Waals surface area (Å²) in [6, 6.07) is 0. The van der Waals surface area contributed by atoms with Crippen molar-refractivity contribution in [2.45, 2.75) is 12.3 Å². The lowest BCUT2D eigenvalue weighted by atomic mass is 9.90. The van der Waals surface area contributed by atoms with Crippen LogP contribution < -0.4 is 11.2 Å². The molecule has 3 N–H and O–H groups in total. The van der Waals surface area contributed by atoms with Crippen molar-refractivity contribution in [2.75, 3.05) is 19.0 Å². The number of aromatic amines is 1. The van der Waals surface area contributed by atoms with Crippen molar-refractivity contribution in [1.82, 2.24) is 9.55 Å². The maximum atomic E-state index is 11.7. The normalized spacial score (nSPS) is 22.2. The zero-order chi connectivity index (χ0) is 12.6. The first-order valence-electron chi connectivity index (χ1n) is 5.19. The summed E-state index contributed by atoms with van der Waals surface area (Å²) in [5.74, 6) is 0.593. The molecule has 0 aliphatic carbocycles. The molecule has 6 nitrogen and oxygen atoms in total. The van der Waals surface area contributed by atoms with Crippen LogP contribution >= 0.6 is 11.8 Å². The topological polar surface area (TPSA) is 95.3 Å². The highest BCUT2D eigenvalue weighted by molar-refractivity contribution is 8.00. The van der Waals surface area contributed by atoms with E-state index in [1.807, 2.05) is 0 Å². The van der Waals surface area contributed by atoms with Gasteiger partial charge in [0.15, 0.2) is 0 Å². The molecule has 2 rings (SSSR count). The number of aliphatic hydroxyl groups excluding tert-OH is 2. The first-order chi connectivity index (χ1) is 8.04. The van der Waals surface area contributed by atoms with E-state index in [4.69, 9.17) is 0 Å². The van der Waals surface area contributed by atoms with Gasteiger partial charge in [-0.25, -0.2) is 4.79 Å². The first kappa shape index (κ1) is 12.4. The molecule has 1 aromatic heterocycles. The molecule has 0 spiro atoms. The Morgan fingerprint density at radius 2 is 2.18 bits per heavy atom. The third kappa shape index (κ3) is 1.84. The molecule has 0 aromatic carbocycles. The van der Waals surface area contributed by atoms with Crippen LogP contribution in [-0.2, 0) is 0 Å². The molecule has 1 aliphatic rings. The Kier molecular flexibility index (Phi) is 3.15. The number of aryl methyl sites for hydroxylation is 1. The fourth-order valence-electron chi connectivity index (χ4n) is 1.83. The summed E-state index contributed by atoms with van der Waals surface area (Å²) in [6.07, 6.45) is 1.47. The average Bonchev–Trinajstić information content (AvgIpc) is 2.26. The van der Waals surface area contributed by atoms with E-state index in [1.54, 1.807) is 6.92 Å². The van der Waals surface area contributed by atoms with Gasteiger partial charge in [-0.3, -0.25) is 14.3 Å². The standard InChI is InChI=1S/C10H14N2O4S/c1-6-2-12(9(16)11-7(6)15)8-10(3-13,4-14)5-17-8/h2,8,13-14H,3-5H2,1H3,(H,11,15,16). The molecule has 0 amide bonds. The van der Waals surface area contributed by atoms with Gasteiger partial charge in [-0.05, 0) is 6.92 Å². The van der Waals surface area contributed by atoms with Crippen molar-refractivity contribution in [3.05, 3.63) is 32.6 Å². The van der Waals surface area contributed by atoms with E-state index < -0.39 is 16.7 Å². The first-order valence-corrected chi connectivity index (χ1v) is 6.24. The van der Waals surface area contributed by atoms with Gasteiger partial charge in [0.05, 0.1) is 24.0 Å². The van der Waals surface area contributed by atoms with Crippen molar-refractivity contribution in [2.24, 2.45) is 5.41 Å². The van der Waals surface area contributed by atoms with Gasteiger partial charge in [-0.1, -0.05) is 0 Å². The van der Waals surface area contributed by atoms with Crippen LogP contribution in [0.15, 0.2) is 15.8 Å². The van der Waals surface area contributed by atoms with Gasteiger partial charge < -0.3 is 10.2 Å². The molecule has 7 heteroatoms. The summed E-state index contributed by atoms with van der Waals surface area (Å²) < 4.78 is 1.37. The third-order valence-corrected chi connectivity index (χ3v) is 4.87. The van der Waals surface area contributed by atoms with Crippen molar-refractivity contribution in [3.63, 3.8) is 0 Å². The fourth-order valence-corrected chi connectivity index (χ4v) is 3.26. The van der Waals surface area contributed by atoms with Crippen LogP contribution in [0.2, 0.25) is 0 Å². The maximum Gasteiger partial charge on any atom is 0.329 e. The van der Waals surface area contributed by atoms with Crippen molar-refractivity contribution in [3.8, 4) is 0 Å². The van der Waals surface area contributed by atoms with Crippen LogP contribution in [0, 0.1) is 12.3 Å². The zero-order valence-electron chi connectivity index (χ0n) is 9.34. The van der Waals surface area contributed by atoms with Crippen LogP contribution in [0.5, 0.6) is 0 Å². The lowest BCUT2D eigenvalue weighted by molar-refractivity contribution is 0.0417. The van der Waals surface area contributed by atoms with Gasteiger partial charge in [0.25, 0.3) is 5.56 Å². The Bertz CT molecular complexity index is 526. The lowest BCUT2D eigenvalue weighted by Crippen LogP contribution is -2.51. The second kappa shape index (κ2) is 4.32. The molecule has 1 atom stereocenters.